The van der Waals surface area contributed by atoms with E-state index in [-0.39, 0.29) is 11.0 Å². The number of aliphatic imine (C=N–C) groups is 1. The Kier molecular flexibility index (Phi) is 5.10. The summed E-state index contributed by atoms with van der Waals surface area (Å²) in [6.07, 6.45) is 2.19. The third kappa shape index (κ3) is 3.76. The Bertz CT molecular complexity index is 942. The average Bonchev–Trinajstić information content (AvgIpc) is 3.12. The number of thiophene rings is 1. The van der Waals surface area contributed by atoms with Crippen LogP contribution in [0.15, 0.2) is 47.4 Å². The number of hydrogen-bond acceptors (Lipinski definition) is 8. The zero-order valence-electron chi connectivity index (χ0n) is 14.4. The fourth-order valence-corrected chi connectivity index (χ4v) is 3.61. The first kappa shape index (κ1) is 18.8. The summed E-state index contributed by atoms with van der Waals surface area (Å²) in [6.45, 7) is 0. The fraction of sp³-hybridized carbons (Fsp3) is 0.235. The minimum Gasteiger partial charge on any atom is -0.496 e. The predicted octanol–water partition coefficient (Wildman–Crippen LogP) is 2.29. The van der Waals surface area contributed by atoms with E-state index in [1.165, 1.54) is 13.2 Å². The van der Waals surface area contributed by atoms with Crippen LogP contribution in [0.25, 0.3) is 0 Å². The highest BCUT2D eigenvalue weighted by Crippen LogP contribution is 2.34. The molecule has 1 aliphatic heterocycles. The molecule has 1 aromatic carbocycles. The molecule has 0 radical (unpaired) electrons. The molecule has 0 saturated carbocycles. The highest BCUT2D eigenvalue weighted by molar-refractivity contribution is 7.15. The van der Waals surface area contributed by atoms with Gasteiger partial charge in [0.15, 0.2) is 17.4 Å². The summed E-state index contributed by atoms with van der Waals surface area (Å²) >= 11 is 1.13. The van der Waals surface area contributed by atoms with Crippen molar-refractivity contribution < 1.29 is 14.1 Å². The predicted molar refractivity (Wildman–Crippen MR) is 101 cm³/mol. The number of benzene rings is 1. The molecular weight excluding hydrogens is 373 g/mol. The van der Waals surface area contributed by atoms with Crippen molar-refractivity contribution in [3.05, 3.63) is 68.5 Å². The van der Waals surface area contributed by atoms with Gasteiger partial charge in [0, 0.05) is 22.7 Å². The van der Waals surface area contributed by atoms with Gasteiger partial charge in [-0.15, -0.1) is 0 Å². The molecule has 1 atom stereocenters. The van der Waals surface area contributed by atoms with Gasteiger partial charge in [0.05, 0.1) is 12.0 Å². The molecule has 10 heteroatoms. The number of nitrogens with zero attached hydrogens (tertiary/aromatic N) is 2. The quantitative estimate of drug-likeness (QED) is 0.512. The van der Waals surface area contributed by atoms with E-state index in [1.54, 1.807) is 24.3 Å². The van der Waals surface area contributed by atoms with E-state index in [2.05, 4.69) is 10.3 Å². The first-order valence-corrected chi connectivity index (χ1v) is 8.82. The van der Waals surface area contributed by atoms with E-state index in [9.17, 15) is 14.5 Å². The van der Waals surface area contributed by atoms with Crippen LogP contribution in [0.3, 0.4) is 0 Å². The molecule has 0 spiro atoms. The fourth-order valence-electron chi connectivity index (χ4n) is 2.79. The van der Waals surface area contributed by atoms with Crippen molar-refractivity contribution in [1.29, 1.82) is 0 Å². The van der Waals surface area contributed by atoms with Gasteiger partial charge in [-0.25, -0.2) is 9.38 Å². The lowest BCUT2D eigenvalue weighted by Gasteiger charge is -2.28. The summed E-state index contributed by atoms with van der Waals surface area (Å²) in [5.74, 6) is -0.0347. The third-order valence-electron chi connectivity index (χ3n) is 4.20. The van der Waals surface area contributed by atoms with E-state index in [1.807, 2.05) is 0 Å². The lowest BCUT2D eigenvalue weighted by molar-refractivity contribution is -0.380. The van der Waals surface area contributed by atoms with Crippen LogP contribution in [0.5, 0.6) is 5.75 Å². The van der Waals surface area contributed by atoms with E-state index < -0.39 is 16.4 Å². The first-order valence-electron chi connectivity index (χ1n) is 8.01. The number of methoxy groups -OCH3 is 1. The third-order valence-corrected chi connectivity index (χ3v) is 5.29. The maximum Gasteiger partial charge on any atom is 0.324 e. The Morgan fingerprint density at radius 2 is 2.15 bits per heavy atom. The summed E-state index contributed by atoms with van der Waals surface area (Å²) in [7, 11) is 1.54. The zero-order chi connectivity index (χ0) is 19.6. The second kappa shape index (κ2) is 7.33. The van der Waals surface area contributed by atoms with Crippen molar-refractivity contribution >= 4 is 22.3 Å². The summed E-state index contributed by atoms with van der Waals surface area (Å²) in [4.78, 5) is 15.3. The topological polar surface area (TPSA) is 129 Å². The second-order valence-electron chi connectivity index (χ2n) is 5.92. The largest absolute Gasteiger partial charge is 0.496 e. The molecule has 8 nitrogen and oxygen atoms in total. The average molecular weight is 391 g/mol. The van der Waals surface area contributed by atoms with Crippen molar-refractivity contribution in [2.75, 3.05) is 7.11 Å². The van der Waals surface area contributed by atoms with Gasteiger partial charge >= 0.3 is 5.00 Å². The molecule has 0 fully saturated rings. The molecule has 0 saturated heterocycles. The minimum absolute atomic E-state index is 0.0159. The summed E-state index contributed by atoms with van der Waals surface area (Å²) in [6, 6.07) is 8.25. The maximum atomic E-state index is 14.4. The first-order chi connectivity index (χ1) is 12.8. The second-order valence-corrected chi connectivity index (χ2v) is 7.07. The molecule has 1 aliphatic rings. The van der Waals surface area contributed by atoms with Crippen molar-refractivity contribution in [3.8, 4) is 5.75 Å². The molecule has 3 rings (SSSR count). The van der Waals surface area contributed by atoms with E-state index in [0.717, 1.165) is 28.0 Å². The summed E-state index contributed by atoms with van der Waals surface area (Å²) in [5, 5.41) is 13.4. The van der Waals surface area contributed by atoms with Crippen LogP contribution in [-0.4, -0.2) is 18.0 Å². The number of guanidine groups is 1. The van der Waals surface area contributed by atoms with Gasteiger partial charge in [0.25, 0.3) is 0 Å². The highest BCUT2D eigenvalue weighted by Gasteiger charge is 2.35. The molecule has 1 aromatic heterocycles. The zero-order valence-corrected chi connectivity index (χ0v) is 15.3. The Morgan fingerprint density at radius 1 is 1.37 bits per heavy atom. The van der Waals surface area contributed by atoms with Crippen LogP contribution in [0, 0.1) is 10.1 Å². The smallest absolute Gasteiger partial charge is 0.324 e. The van der Waals surface area contributed by atoms with Gasteiger partial charge in [0.1, 0.15) is 5.75 Å². The number of nitrogens with one attached hydrogen (secondary N) is 1. The van der Waals surface area contributed by atoms with Crippen LogP contribution >= 0.6 is 11.3 Å². The lowest BCUT2D eigenvalue weighted by Crippen LogP contribution is -2.44. The molecule has 0 bridgehead atoms. The number of hydrogen-bond donors (Lipinski definition) is 3. The monoisotopic (exact) mass is 391 g/mol. The molecule has 5 N–H and O–H groups in total. The van der Waals surface area contributed by atoms with Crippen molar-refractivity contribution in [3.63, 3.8) is 0 Å². The molecule has 2 heterocycles. The summed E-state index contributed by atoms with van der Waals surface area (Å²) in [5.41, 5.74) is 11.3. The molecular formula is C17H18FN5O3S. The van der Waals surface area contributed by atoms with Gasteiger partial charge < -0.3 is 15.8 Å². The Hall–Kier alpha value is -2.98. The van der Waals surface area contributed by atoms with Crippen molar-refractivity contribution in [2.45, 2.75) is 18.5 Å². The van der Waals surface area contributed by atoms with Crippen LogP contribution in [0.1, 0.15) is 16.0 Å². The van der Waals surface area contributed by atoms with Crippen LogP contribution in [0.4, 0.5) is 9.39 Å². The molecule has 142 valence electrons. The standard InChI is InChI=1S/C17H18FN5O3S/c1-26-13-6-3-11(17(20)14(18)9-21-16(19)22-17)8-10(13)2-4-12-5-7-15(27-12)23(24)25/h3,5-9H,2,4,20H2,1H3,(H3,19,21,22). The molecule has 0 aliphatic carbocycles. The van der Waals surface area contributed by atoms with E-state index in [0.29, 0.717) is 24.2 Å². The van der Waals surface area contributed by atoms with Gasteiger partial charge in [-0.05, 0) is 36.6 Å². The maximum absolute atomic E-state index is 14.4. The van der Waals surface area contributed by atoms with E-state index in [4.69, 9.17) is 16.2 Å². The Balaban J connectivity index is 1.88. The number of ether oxygens (including phenoxy) is 1. The molecule has 2 aromatic rings. The van der Waals surface area contributed by atoms with Gasteiger partial charge in [-0.1, -0.05) is 17.4 Å². The van der Waals surface area contributed by atoms with Crippen molar-refractivity contribution in [1.82, 2.24) is 5.32 Å². The summed E-state index contributed by atoms with van der Waals surface area (Å²) < 4.78 is 19.7. The van der Waals surface area contributed by atoms with E-state index >= 15 is 0 Å². The van der Waals surface area contributed by atoms with Crippen LogP contribution in [-0.2, 0) is 18.5 Å². The van der Waals surface area contributed by atoms with Crippen LogP contribution in [0.2, 0.25) is 0 Å². The normalized spacial score (nSPS) is 19.1. The lowest BCUT2D eigenvalue weighted by atomic mass is 9.95. The van der Waals surface area contributed by atoms with Gasteiger partial charge in [0.2, 0.25) is 0 Å². The highest BCUT2D eigenvalue weighted by atomic mass is 32.1. The number of halogens is 1. The van der Waals surface area contributed by atoms with Gasteiger partial charge in [-0.2, -0.15) is 0 Å². The minimum atomic E-state index is -1.71. The SMILES string of the molecule is COc1ccc(C2(N)N=C(N)NC=C2F)cc1CCc1ccc([N+](=O)[O-])s1. The number of nitro groups is 1. The number of rotatable bonds is 6. The molecule has 1 unspecified atom stereocenters. The number of aryl methyl sites for hydroxylation is 2. The van der Waals surface area contributed by atoms with Gasteiger partial charge in [-0.3, -0.25) is 15.8 Å². The molecule has 0 amide bonds. The molecule has 27 heavy (non-hydrogen) atoms. The van der Waals surface area contributed by atoms with Crippen molar-refractivity contribution in [2.24, 2.45) is 16.5 Å². The van der Waals surface area contributed by atoms with Crippen LogP contribution < -0.4 is 21.5 Å². The number of nitrogens with two attached hydrogens (primary N) is 2. The Labute approximate surface area is 158 Å². The Morgan fingerprint density at radius 3 is 2.81 bits per heavy atom.